The van der Waals surface area contributed by atoms with Crippen LogP contribution in [0.5, 0.6) is 5.75 Å². The molecule has 12 atom stereocenters. The van der Waals surface area contributed by atoms with E-state index in [1.165, 1.54) is 6.92 Å². The number of ketones is 1. The number of nitrogens with zero attached hydrogens (tertiary/aromatic N) is 2. The molecule has 12 unspecified atom stereocenters. The zero-order valence-electron chi connectivity index (χ0n) is 26.0. The number of Topliss-reactive ketones (excluding diaryl/α,β-unsaturated/α-hetero) is 1. The van der Waals surface area contributed by atoms with E-state index in [1.54, 1.807) is 18.8 Å². The molecule has 1 aromatic heterocycles. The van der Waals surface area contributed by atoms with Crippen LogP contribution in [0.3, 0.4) is 0 Å². The van der Waals surface area contributed by atoms with Crippen LogP contribution < -0.4 is 4.74 Å². The Kier molecular flexibility index (Phi) is 23.5. The monoisotopic (exact) mass is 920 g/mol. The summed E-state index contributed by atoms with van der Waals surface area (Å²) < 4.78 is 13.3. The molecular weight excluding hydrogens is 871 g/mol. The van der Waals surface area contributed by atoms with Crippen LogP contribution in [-0.4, -0.2) is 31.0 Å². The molecule has 43 heavy (non-hydrogen) atoms. The Hall–Kier alpha value is 5.39. The summed E-state index contributed by atoms with van der Waals surface area (Å²) in [6.07, 6.45) is 0. The van der Waals surface area contributed by atoms with Gasteiger partial charge in [0.2, 0.25) is 0 Å². The molecule has 5 nitrogen and oxygen atoms in total. The Morgan fingerprint density at radius 3 is 1.77 bits per heavy atom. The quantitative estimate of drug-likeness (QED) is 0.114. The molecule has 0 N–H and O–H groups in total. The first-order valence-electron chi connectivity index (χ1n) is 12.6. The zero-order chi connectivity index (χ0) is 33.4. The van der Waals surface area contributed by atoms with Gasteiger partial charge in [-0.25, -0.2) is 0 Å². The Bertz CT molecular complexity index is 1150. The molecule has 1 aromatic carbocycles. The average Bonchev–Trinajstić information content (AvgIpc) is 3.23. The molecule has 0 saturated heterocycles. The number of aromatic nitrogens is 2. The summed E-state index contributed by atoms with van der Waals surface area (Å²) in [4.78, 5) is 11.9. The van der Waals surface area contributed by atoms with Gasteiger partial charge in [0.15, 0.2) is 19.9 Å². The molecular formula is C20H49N2O3P17Si. The normalized spacial score (nSPS) is 14.3. The van der Waals surface area contributed by atoms with E-state index in [-0.39, 0.29) is 59.7 Å². The SMILES string of the molecule is COc1c(-c2ccc(CO[Si](C)(C)C(C)(C)C)cc2)nn(C)c1C(C)=O.PPP(P(P)P)P(P(P)P)P(P(P)P)P(P)P. The van der Waals surface area contributed by atoms with E-state index in [0.717, 1.165) is 19.1 Å². The molecule has 0 saturated carbocycles. The van der Waals surface area contributed by atoms with Gasteiger partial charge in [-0.05, 0) is 72.6 Å². The highest BCUT2D eigenvalue weighted by molar-refractivity contribution is 9.31. The first-order chi connectivity index (χ1) is 19.7. The second-order valence-corrected chi connectivity index (χ2v) is 79.8. The number of hydrogen-bond donors (Lipinski definition) is 0. The van der Waals surface area contributed by atoms with Crippen LogP contribution in [0.15, 0.2) is 24.3 Å². The van der Waals surface area contributed by atoms with Crippen LogP contribution in [0.4, 0.5) is 0 Å². The largest absolute Gasteiger partial charge is 0.492 e. The van der Waals surface area contributed by atoms with Crippen LogP contribution in [-0.2, 0) is 18.1 Å². The van der Waals surface area contributed by atoms with Crippen molar-refractivity contribution in [1.82, 2.24) is 9.78 Å². The van der Waals surface area contributed by atoms with Crippen molar-refractivity contribution in [2.75, 3.05) is 7.11 Å². The third-order valence-electron chi connectivity index (χ3n) is 6.46. The van der Waals surface area contributed by atoms with Crippen molar-refractivity contribution in [1.29, 1.82) is 0 Å². The number of ether oxygens (including phenoxy) is 1. The number of rotatable bonds is 13. The number of carbonyl (C=O) groups excluding carboxylic acids is 1. The number of aryl methyl sites for hydroxylation is 1. The van der Waals surface area contributed by atoms with E-state index in [0.29, 0.717) is 23.7 Å². The van der Waals surface area contributed by atoms with Crippen molar-refractivity contribution < 1.29 is 14.0 Å². The number of hydrogen-bond acceptors (Lipinski definition) is 4. The molecule has 1 heterocycles. The number of carbonyl (C=O) groups is 1. The van der Waals surface area contributed by atoms with E-state index in [4.69, 9.17) is 9.16 Å². The third-order valence-corrected chi connectivity index (χ3v) is 114. The minimum atomic E-state index is -1.77. The van der Waals surface area contributed by atoms with Crippen LogP contribution in [0.25, 0.3) is 11.3 Å². The maximum Gasteiger partial charge on any atom is 0.192 e. The number of benzene rings is 1. The lowest BCUT2D eigenvalue weighted by atomic mass is 10.1. The second-order valence-electron chi connectivity index (χ2n) is 10.6. The average molecular weight is 920 g/mol. The van der Waals surface area contributed by atoms with Crippen LogP contribution in [0, 0.1) is 0 Å². The van der Waals surface area contributed by atoms with E-state index in [2.05, 4.69) is 119 Å². The summed E-state index contributed by atoms with van der Waals surface area (Å²) in [5.41, 5.74) is 3.20. The Morgan fingerprint density at radius 2 is 1.42 bits per heavy atom. The van der Waals surface area contributed by atoms with E-state index in [9.17, 15) is 4.79 Å². The summed E-state index contributed by atoms with van der Waals surface area (Å²) in [5, 5.41) is 4.66. The second kappa shape index (κ2) is 21.8. The predicted molar refractivity (Wildman–Crippen MR) is 251 cm³/mol. The van der Waals surface area contributed by atoms with Gasteiger partial charge < -0.3 is 9.16 Å². The Balaban J connectivity index is 0.000000474. The summed E-state index contributed by atoms with van der Waals surface area (Å²) in [6.45, 7) is 14.3. The van der Waals surface area contributed by atoms with Crippen molar-refractivity contribution in [3.8, 4) is 17.0 Å². The summed E-state index contributed by atoms with van der Waals surface area (Å²) >= 11 is 0. The van der Waals surface area contributed by atoms with Crippen LogP contribution in [0.2, 0.25) is 18.1 Å². The molecule has 0 fully saturated rings. The highest BCUT2D eigenvalue weighted by atomic mass is 33.4. The van der Waals surface area contributed by atoms with Gasteiger partial charge in [-0.15, -0.1) is 80.4 Å². The van der Waals surface area contributed by atoms with Gasteiger partial charge in [-0.2, -0.15) is 5.10 Å². The smallest absolute Gasteiger partial charge is 0.192 e. The fraction of sp³-hybridized carbons (Fsp3) is 0.500. The van der Waals surface area contributed by atoms with Crippen molar-refractivity contribution in [2.24, 2.45) is 7.05 Å². The van der Waals surface area contributed by atoms with Crippen LogP contribution in [0.1, 0.15) is 43.7 Å². The first kappa shape index (κ1) is 46.4. The summed E-state index contributed by atoms with van der Waals surface area (Å²) in [5.74, 6) is 0.452. The molecule has 2 rings (SSSR count). The highest BCUT2D eigenvalue weighted by Gasteiger charge is 2.38. The van der Waals surface area contributed by atoms with E-state index < -0.39 is 8.32 Å². The molecule has 0 radical (unpaired) electrons. The molecule has 246 valence electrons. The minimum absolute atomic E-state index is 0.0671. The lowest BCUT2D eigenvalue weighted by Gasteiger charge is -2.41. The highest BCUT2D eigenvalue weighted by Crippen LogP contribution is 3.25. The van der Waals surface area contributed by atoms with Gasteiger partial charge in [0.1, 0.15) is 11.4 Å². The molecule has 0 amide bonds. The van der Waals surface area contributed by atoms with Gasteiger partial charge in [0.05, 0.1) is 13.7 Å². The molecule has 0 bridgehead atoms. The van der Waals surface area contributed by atoms with Gasteiger partial charge in [0.25, 0.3) is 0 Å². The van der Waals surface area contributed by atoms with Crippen LogP contribution >= 0.6 is 137 Å². The molecule has 0 spiro atoms. The first-order valence-corrected chi connectivity index (χ1v) is 45.7. The fourth-order valence-corrected chi connectivity index (χ4v) is 193. The van der Waals surface area contributed by atoms with Gasteiger partial charge in [-0.1, -0.05) is 53.0 Å². The van der Waals surface area contributed by atoms with Crippen molar-refractivity contribution in [3.63, 3.8) is 0 Å². The van der Waals surface area contributed by atoms with Crippen molar-refractivity contribution in [3.05, 3.63) is 35.5 Å². The van der Waals surface area contributed by atoms with Crippen molar-refractivity contribution in [2.45, 2.75) is 52.4 Å². The Morgan fingerprint density at radius 1 is 0.930 bits per heavy atom. The molecule has 0 aliphatic rings. The minimum Gasteiger partial charge on any atom is -0.492 e. The van der Waals surface area contributed by atoms with Gasteiger partial charge in [0, 0.05) is 19.5 Å². The Labute approximate surface area is 292 Å². The molecule has 0 aliphatic carbocycles. The topological polar surface area (TPSA) is 53.4 Å². The van der Waals surface area contributed by atoms with Gasteiger partial charge in [-0.3, -0.25) is 9.48 Å². The van der Waals surface area contributed by atoms with E-state index in [1.807, 2.05) is 24.3 Å². The van der Waals surface area contributed by atoms with E-state index >= 15 is 0 Å². The maximum atomic E-state index is 11.9. The standard InChI is InChI=1S/C20H30N2O3Si.H19P17/c1-14(23)18-19(24-6)17(21-22(18)5)16-11-9-15(10-12-16)13-25-26(7,8)20(2,3)4;1-10-15(11(2)3)17(14(8)9)16(12(4)5)13(6)7/h9-12H,13H2,1-8H3;10H,1-9H2. The molecule has 0 aliphatic heterocycles. The maximum absolute atomic E-state index is 11.9. The lowest BCUT2D eigenvalue weighted by Crippen LogP contribution is -2.40. The zero-order valence-corrected chi connectivity index (χ0v) is 44.6. The predicted octanol–water partition coefficient (Wildman–Crippen LogP) is 14.4. The molecule has 2 aromatic rings. The molecule has 23 heteroatoms. The fourth-order valence-electron chi connectivity index (χ4n) is 3.29. The van der Waals surface area contributed by atoms with Gasteiger partial charge >= 0.3 is 0 Å². The number of methoxy groups -OCH3 is 1. The van der Waals surface area contributed by atoms with Crippen molar-refractivity contribution >= 4 is 151 Å². The summed E-state index contributed by atoms with van der Waals surface area (Å²) in [7, 11) is 30.5. The summed E-state index contributed by atoms with van der Waals surface area (Å²) in [6, 6.07) is 8.09. The third kappa shape index (κ3) is 14.4. The lowest BCUT2D eigenvalue weighted by molar-refractivity contribution is 0.100.